The third kappa shape index (κ3) is 4.02. The summed E-state index contributed by atoms with van der Waals surface area (Å²) < 4.78 is 21.4. The van der Waals surface area contributed by atoms with Gasteiger partial charge in [-0.2, -0.15) is 0 Å². The van der Waals surface area contributed by atoms with Gasteiger partial charge in [0.2, 0.25) is 0 Å². The Balaban J connectivity index is 1.93. The van der Waals surface area contributed by atoms with Gasteiger partial charge >= 0.3 is 0 Å². The summed E-state index contributed by atoms with van der Waals surface area (Å²) in [6.07, 6.45) is 0. The maximum Gasteiger partial charge on any atom is 0.173 e. The molecule has 1 aliphatic rings. The van der Waals surface area contributed by atoms with Crippen molar-refractivity contribution >= 4 is 0 Å². The van der Waals surface area contributed by atoms with E-state index in [1.807, 2.05) is 12.1 Å². The monoisotopic (exact) mass is 348 g/mol. The zero-order chi connectivity index (χ0) is 17.6. The summed E-state index contributed by atoms with van der Waals surface area (Å²) in [6, 6.07) is 6.58. The molecule has 0 radical (unpaired) electrons. The maximum absolute atomic E-state index is 14.6. The molecule has 1 atom stereocenters. The van der Waals surface area contributed by atoms with Gasteiger partial charge in [0.1, 0.15) is 11.9 Å². The van der Waals surface area contributed by atoms with Crippen LogP contribution in [-0.4, -0.2) is 76.4 Å². The molecule has 1 saturated heterocycles. The number of halogens is 1. The predicted octanol–water partition coefficient (Wildman–Crippen LogP) is 1.19. The highest BCUT2D eigenvalue weighted by molar-refractivity contribution is 5.26. The second-order valence-electron chi connectivity index (χ2n) is 6.15. The normalized spacial score (nSPS) is 17.7. The Labute approximate surface area is 147 Å². The average molecular weight is 348 g/mol. The fraction of sp³-hybridized carbons (Fsp3) is 0.588. The molecule has 0 saturated carbocycles. The van der Waals surface area contributed by atoms with Crippen LogP contribution in [0.15, 0.2) is 24.3 Å². The van der Waals surface area contributed by atoms with E-state index >= 15 is 0 Å². The van der Waals surface area contributed by atoms with Gasteiger partial charge in [-0.15, -0.1) is 5.10 Å². The summed E-state index contributed by atoms with van der Waals surface area (Å²) in [5.41, 5.74) is 0.612. The number of benzene rings is 1. The fourth-order valence-electron chi connectivity index (χ4n) is 3.28. The van der Waals surface area contributed by atoms with Crippen LogP contribution in [0.5, 0.6) is 0 Å². The predicted molar refractivity (Wildman–Crippen MR) is 91.6 cm³/mol. The molecule has 0 N–H and O–H groups in total. The summed E-state index contributed by atoms with van der Waals surface area (Å²) in [6.45, 7) is 7.86. The summed E-state index contributed by atoms with van der Waals surface area (Å²) in [5, 5.41) is 12.1. The van der Waals surface area contributed by atoms with Gasteiger partial charge in [0.05, 0.1) is 13.2 Å². The van der Waals surface area contributed by atoms with Crippen molar-refractivity contribution in [3.63, 3.8) is 0 Å². The van der Waals surface area contributed by atoms with Crippen molar-refractivity contribution in [2.75, 3.05) is 46.4 Å². The molecular formula is C17H25FN6O. The lowest BCUT2D eigenvalue weighted by Crippen LogP contribution is -2.48. The number of methoxy groups -OCH3 is 1. The molecule has 0 amide bonds. The van der Waals surface area contributed by atoms with Crippen molar-refractivity contribution in [2.45, 2.75) is 19.5 Å². The Morgan fingerprint density at radius 3 is 2.64 bits per heavy atom. The highest BCUT2D eigenvalue weighted by Crippen LogP contribution is 2.29. The van der Waals surface area contributed by atoms with Crippen molar-refractivity contribution in [1.29, 1.82) is 0 Å². The van der Waals surface area contributed by atoms with Gasteiger partial charge in [-0.3, -0.25) is 4.90 Å². The van der Waals surface area contributed by atoms with Gasteiger partial charge < -0.3 is 9.64 Å². The summed E-state index contributed by atoms with van der Waals surface area (Å²) in [5.74, 6) is 0.429. The van der Waals surface area contributed by atoms with Crippen LogP contribution >= 0.6 is 0 Å². The third-order valence-corrected chi connectivity index (χ3v) is 4.73. The second-order valence-corrected chi connectivity index (χ2v) is 6.15. The molecule has 7 nitrogen and oxygen atoms in total. The van der Waals surface area contributed by atoms with E-state index in [1.54, 1.807) is 17.9 Å². The Bertz CT molecular complexity index is 671. The molecule has 8 heteroatoms. The number of tetrazole rings is 1. The molecular weight excluding hydrogens is 323 g/mol. The number of rotatable bonds is 7. The fourth-order valence-corrected chi connectivity index (χ4v) is 3.28. The van der Waals surface area contributed by atoms with Crippen molar-refractivity contribution in [1.82, 2.24) is 30.0 Å². The number of piperazine rings is 1. The number of ether oxygens (including phenoxy) is 1. The molecule has 0 spiro atoms. The molecule has 1 aliphatic heterocycles. The molecule has 136 valence electrons. The molecule has 2 heterocycles. The summed E-state index contributed by atoms with van der Waals surface area (Å²) in [4.78, 5) is 4.66. The molecule has 1 fully saturated rings. The number of aromatic nitrogens is 4. The number of likely N-dealkylation sites (N-methyl/N-ethyl adjacent to an activating group) is 1. The highest BCUT2D eigenvalue weighted by atomic mass is 19.1. The van der Waals surface area contributed by atoms with Gasteiger partial charge in [-0.25, -0.2) is 9.07 Å². The standard InChI is InChI=1S/C17H25FN6O/c1-3-22-8-10-23(11-9-22)16(14-6-4-5-7-15(14)18)17-19-20-21-24(17)12-13-25-2/h4-7,16H,3,8-13H2,1-2H3/t16-/m1/s1. The van der Waals surface area contributed by atoms with Crippen LogP contribution in [0.1, 0.15) is 24.4 Å². The van der Waals surface area contributed by atoms with Gasteiger partial charge in [0.25, 0.3) is 0 Å². The van der Waals surface area contributed by atoms with Crippen molar-refractivity contribution in [3.8, 4) is 0 Å². The average Bonchev–Trinajstić information content (AvgIpc) is 3.10. The largest absolute Gasteiger partial charge is 0.383 e. The van der Waals surface area contributed by atoms with Crippen molar-refractivity contribution in [2.24, 2.45) is 0 Å². The van der Waals surface area contributed by atoms with Crippen molar-refractivity contribution in [3.05, 3.63) is 41.5 Å². The van der Waals surface area contributed by atoms with E-state index in [0.29, 0.717) is 24.5 Å². The van der Waals surface area contributed by atoms with Gasteiger partial charge in [-0.1, -0.05) is 25.1 Å². The topological polar surface area (TPSA) is 59.3 Å². The van der Waals surface area contributed by atoms with E-state index in [-0.39, 0.29) is 11.9 Å². The lowest BCUT2D eigenvalue weighted by molar-refractivity contribution is 0.105. The van der Waals surface area contributed by atoms with E-state index in [0.717, 1.165) is 32.7 Å². The molecule has 0 bridgehead atoms. The first-order chi connectivity index (χ1) is 12.2. The van der Waals surface area contributed by atoms with E-state index in [4.69, 9.17) is 4.74 Å². The maximum atomic E-state index is 14.6. The molecule has 25 heavy (non-hydrogen) atoms. The van der Waals surface area contributed by atoms with Crippen molar-refractivity contribution < 1.29 is 9.13 Å². The van der Waals surface area contributed by atoms with E-state index in [1.165, 1.54) is 6.07 Å². The van der Waals surface area contributed by atoms with Gasteiger partial charge in [-0.05, 0) is 23.0 Å². The van der Waals surface area contributed by atoms with Crippen LogP contribution in [-0.2, 0) is 11.3 Å². The minimum Gasteiger partial charge on any atom is -0.383 e. The summed E-state index contributed by atoms with van der Waals surface area (Å²) >= 11 is 0. The minimum absolute atomic E-state index is 0.230. The van der Waals surface area contributed by atoms with Gasteiger partial charge in [0, 0.05) is 38.9 Å². The number of hydrogen-bond donors (Lipinski definition) is 0. The smallest absolute Gasteiger partial charge is 0.173 e. The Morgan fingerprint density at radius 1 is 1.20 bits per heavy atom. The summed E-state index contributed by atoms with van der Waals surface area (Å²) in [7, 11) is 1.64. The molecule has 1 aromatic carbocycles. The van der Waals surface area contributed by atoms with Gasteiger partial charge in [0.15, 0.2) is 5.82 Å². The Morgan fingerprint density at radius 2 is 1.96 bits per heavy atom. The number of hydrogen-bond acceptors (Lipinski definition) is 6. The first kappa shape index (κ1) is 17.9. The molecule has 2 aromatic rings. The van der Waals surface area contributed by atoms with Crippen LogP contribution in [0, 0.1) is 5.82 Å². The van der Waals surface area contributed by atoms with E-state index < -0.39 is 0 Å². The third-order valence-electron chi connectivity index (χ3n) is 4.73. The zero-order valence-electron chi connectivity index (χ0n) is 14.8. The van der Waals surface area contributed by atoms with Crippen LogP contribution in [0.3, 0.4) is 0 Å². The Hall–Kier alpha value is -1.90. The minimum atomic E-state index is -0.299. The first-order valence-electron chi connectivity index (χ1n) is 8.70. The van der Waals surface area contributed by atoms with Crippen LogP contribution < -0.4 is 0 Å². The van der Waals surface area contributed by atoms with Crippen LogP contribution in [0.25, 0.3) is 0 Å². The lowest BCUT2D eigenvalue weighted by atomic mass is 10.0. The van der Waals surface area contributed by atoms with E-state index in [9.17, 15) is 4.39 Å². The lowest BCUT2D eigenvalue weighted by Gasteiger charge is -2.38. The number of nitrogens with zero attached hydrogens (tertiary/aromatic N) is 6. The zero-order valence-corrected chi connectivity index (χ0v) is 14.8. The molecule has 0 aliphatic carbocycles. The molecule has 1 aromatic heterocycles. The van der Waals surface area contributed by atoms with Crippen LogP contribution in [0.4, 0.5) is 4.39 Å². The highest BCUT2D eigenvalue weighted by Gasteiger charge is 2.31. The molecule has 3 rings (SSSR count). The van der Waals surface area contributed by atoms with E-state index in [2.05, 4.69) is 32.2 Å². The second kappa shape index (κ2) is 8.46. The SMILES string of the molecule is CCN1CCN([C@H](c2ccccc2F)c2nnnn2CCOC)CC1. The quantitative estimate of drug-likeness (QED) is 0.749. The first-order valence-corrected chi connectivity index (χ1v) is 8.70. The van der Waals surface area contributed by atoms with Crippen LogP contribution in [0.2, 0.25) is 0 Å². The Kier molecular flexibility index (Phi) is 6.06. The molecule has 0 unspecified atom stereocenters.